The fraction of sp³-hybridized carbons (Fsp3) is 0.833. The van der Waals surface area contributed by atoms with E-state index in [1.165, 1.54) is 19.3 Å². The zero-order chi connectivity index (χ0) is 17.3. The number of amides is 1. The van der Waals surface area contributed by atoms with Gasteiger partial charge >= 0.3 is 0 Å². The van der Waals surface area contributed by atoms with Gasteiger partial charge in [0.25, 0.3) is 5.91 Å². The third kappa shape index (κ3) is 3.31. The van der Waals surface area contributed by atoms with Gasteiger partial charge in [-0.2, -0.15) is 0 Å². The zero-order valence-electron chi connectivity index (χ0n) is 15.3. The summed E-state index contributed by atoms with van der Waals surface area (Å²) in [5.74, 6) is 0.0789. The van der Waals surface area contributed by atoms with Crippen molar-refractivity contribution in [2.75, 3.05) is 39.8 Å². The molecule has 7 nitrogen and oxygen atoms in total. The van der Waals surface area contributed by atoms with Crippen molar-refractivity contribution in [2.45, 2.75) is 56.5 Å². The number of nitrogens with zero attached hydrogens (tertiary/aromatic N) is 5. The summed E-state index contributed by atoms with van der Waals surface area (Å²) >= 11 is 0. The number of piperazine rings is 1. The summed E-state index contributed by atoms with van der Waals surface area (Å²) in [6.45, 7) is 4.75. The Morgan fingerprint density at radius 1 is 1.20 bits per heavy atom. The molecule has 3 fully saturated rings. The lowest BCUT2D eigenvalue weighted by Gasteiger charge is -2.52. The summed E-state index contributed by atoms with van der Waals surface area (Å²) in [5, 5.41) is 11.9. The summed E-state index contributed by atoms with van der Waals surface area (Å²) in [7, 11) is 2.17. The lowest BCUT2D eigenvalue weighted by atomic mass is 9.78. The Kier molecular flexibility index (Phi) is 4.78. The topological polar surface area (TPSA) is 66.3 Å². The van der Waals surface area contributed by atoms with Crippen molar-refractivity contribution in [3.63, 3.8) is 0 Å². The first-order chi connectivity index (χ1) is 12.2. The molecule has 1 aromatic heterocycles. The van der Waals surface area contributed by atoms with E-state index in [1.807, 2.05) is 10.9 Å². The molecule has 1 N–H and O–H groups in total. The molecule has 1 aliphatic carbocycles. The van der Waals surface area contributed by atoms with Crippen LogP contribution in [0.5, 0.6) is 0 Å². The third-order valence-electron chi connectivity index (χ3n) is 6.28. The third-order valence-corrected chi connectivity index (χ3v) is 6.28. The molecule has 7 heteroatoms. The predicted octanol–water partition coefficient (Wildman–Crippen LogP) is 1.29. The lowest BCUT2D eigenvalue weighted by Crippen LogP contribution is -2.63. The average Bonchev–Trinajstić information content (AvgIpc) is 3.13. The smallest absolute Gasteiger partial charge is 0.276 e. The molecule has 0 aromatic carbocycles. The molecule has 1 amide bonds. The van der Waals surface area contributed by atoms with Gasteiger partial charge < -0.3 is 15.1 Å². The normalized spacial score (nSPS) is 25.4. The molecule has 1 aromatic rings. The second kappa shape index (κ2) is 7.03. The first kappa shape index (κ1) is 17.0. The minimum absolute atomic E-state index is 0.000865. The van der Waals surface area contributed by atoms with Crippen LogP contribution < -0.4 is 5.32 Å². The van der Waals surface area contributed by atoms with Crippen LogP contribution in [0.3, 0.4) is 0 Å². The van der Waals surface area contributed by atoms with Gasteiger partial charge in [0.15, 0.2) is 5.69 Å². The van der Waals surface area contributed by atoms with Crippen molar-refractivity contribution >= 4 is 5.91 Å². The van der Waals surface area contributed by atoms with Gasteiger partial charge in [0.05, 0.1) is 17.8 Å². The van der Waals surface area contributed by atoms with Crippen LogP contribution in [-0.4, -0.2) is 76.0 Å². The Bertz CT molecular complexity index is 602. The van der Waals surface area contributed by atoms with Gasteiger partial charge in [-0.05, 0) is 45.8 Å². The fourth-order valence-corrected chi connectivity index (χ4v) is 4.89. The van der Waals surface area contributed by atoms with E-state index in [0.29, 0.717) is 11.7 Å². The van der Waals surface area contributed by atoms with E-state index < -0.39 is 0 Å². The molecular weight excluding hydrogens is 316 g/mol. The van der Waals surface area contributed by atoms with Crippen LogP contribution in [0.25, 0.3) is 0 Å². The van der Waals surface area contributed by atoms with Crippen LogP contribution in [0, 0.1) is 0 Å². The van der Waals surface area contributed by atoms with E-state index in [-0.39, 0.29) is 11.4 Å². The standard InChI is InChI=1S/C18H30N6O/c1-22-11-12-23(18(14-22)7-3-2-4-8-18)17(25)16-13-24(21-20-16)15-5-9-19-10-6-15/h13,15,19H,2-12,14H2,1H3. The van der Waals surface area contributed by atoms with E-state index >= 15 is 0 Å². The molecule has 138 valence electrons. The molecule has 1 spiro atoms. The van der Waals surface area contributed by atoms with Gasteiger partial charge in [0.2, 0.25) is 0 Å². The summed E-state index contributed by atoms with van der Waals surface area (Å²) in [5.41, 5.74) is 0.522. The molecule has 0 unspecified atom stereocenters. The van der Waals surface area contributed by atoms with Crippen molar-refractivity contribution in [2.24, 2.45) is 0 Å². The maximum absolute atomic E-state index is 13.3. The largest absolute Gasteiger partial charge is 0.329 e. The second-order valence-electron chi connectivity index (χ2n) is 8.04. The number of rotatable bonds is 2. The summed E-state index contributed by atoms with van der Waals surface area (Å²) in [4.78, 5) is 17.8. The molecule has 0 radical (unpaired) electrons. The average molecular weight is 346 g/mol. The molecule has 25 heavy (non-hydrogen) atoms. The molecule has 1 saturated carbocycles. The highest BCUT2D eigenvalue weighted by Crippen LogP contribution is 2.37. The van der Waals surface area contributed by atoms with E-state index in [9.17, 15) is 4.79 Å². The number of aromatic nitrogens is 3. The Labute approximate surface area is 149 Å². The number of nitrogens with one attached hydrogen (secondary N) is 1. The van der Waals surface area contributed by atoms with Gasteiger partial charge in [-0.15, -0.1) is 5.10 Å². The van der Waals surface area contributed by atoms with Crippen molar-refractivity contribution in [3.8, 4) is 0 Å². The van der Waals surface area contributed by atoms with Gasteiger partial charge in [-0.3, -0.25) is 4.79 Å². The number of hydrogen-bond acceptors (Lipinski definition) is 5. The van der Waals surface area contributed by atoms with Crippen molar-refractivity contribution < 1.29 is 4.79 Å². The van der Waals surface area contributed by atoms with E-state index in [2.05, 4.69) is 32.5 Å². The summed E-state index contributed by atoms with van der Waals surface area (Å²) in [6.07, 6.45) is 9.95. The number of carbonyl (C=O) groups is 1. The minimum Gasteiger partial charge on any atom is -0.329 e. The highest BCUT2D eigenvalue weighted by atomic mass is 16.2. The van der Waals surface area contributed by atoms with Crippen molar-refractivity contribution in [1.82, 2.24) is 30.1 Å². The van der Waals surface area contributed by atoms with Crippen LogP contribution in [0.4, 0.5) is 0 Å². The van der Waals surface area contributed by atoms with Gasteiger partial charge in [0.1, 0.15) is 0 Å². The van der Waals surface area contributed by atoms with Crippen LogP contribution in [0.2, 0.25) is 0 Å². The van der Waals surface area contributed by atoms with Crippen LogP contribution >= 0.6 is 0 Å². The van der Waals surface area contributed by atoms with Crippen molar-refractivity contribution in [1.29, 1.82) is 0 Å². The molecule has 3 aliphatic rings. The number of carbonyl (C=O) groups excluding carboxylic acids is 1. The highest BCUT2D eigenvalue weighted by Gasteiger charge is 2.44. The quantitative estimate of drug-likeness (QED) is 0.874. The number of hydrogen-bond donors (Lipinski definition) is 1. The molecule has 0 atom stereocenters. The second-order valence-corrected chi connectivity index (χ2v) is 8.04. The van der Waals surface area contributed by atoms with Crippen LogP contribution in [0.15, 0.2) is 6.20 Å². The molecule has 4 rings (SSSR count). The molecule has 0 bridgehead atoms. The molecule has 3 heterocycles. The maximum Gasteiger partial charge on any atom is 0.276 e. The van der Waals surface area contributed by atoms with E-state index in [0.717, 1.165) is 58.4 Å². The lowest BCUT2D eigenvalue weighted by molar-refractivity contribution is -0.00817. The van der Waals surface area contributed by atoms with Crippen molar-refractivity contribution in [3.05, 3.63) is 11.9 Å². The maximum atomic E-state index is 13.3. The van der Waals surface area contributed by atoms with Crippen LogP contribution in [-0.2, 0) is 0 Å². The van der Waals surface area contributed by atoms with Gasteiger partial charge in [-0.25, -0.2) is 4.68 Å². The Balaban J connectivity index is 1.53. The van der Waals surface area contributed by atoms with Gasteiger partial charge in [0, 0.05) is 19.6 Å². The minimum atomic E-state index is 0.000865. The fourth-order valence-electron chi connectivity index (χ4n) is 4.89. The molecule has 2 saturated heterocycles. The first-order valence-electron chi connectivity index (χ1n) is 9.81. The first-order valence-corrected chi connectivity index (χ1v) is 9.81. The molecule has 2 aliphatic heterocycles. The summed E-state index contributed by atoms with van der Waals surface area (Å²) in [6, 6.07) is 0.367. The van der Waals surface area contributed by atoms with E-state index in [4.69, 9.17) is 0 Å². The SMILES string of the molecule is CN1CCN(C(=O)c2cn(C3CCNCC3)nn2)C2(CCCCC2)C1. The number of likely N-dealkylation sites (N-methyl/N-ethyl adjacent to an activating group) is 1. The monoisotopic (exact) mass is 346 g/mol. The molecular formula is C18H30N6O. The predicted molar refractivity (Wildman–Crippen MR) is 95.5 cm³/mol. The summed E-state index contributed by atoms with van der Waals surface area (Å²) < 4.78 is 1.91. The Hall–Kier alpha value is -1.47. The zero-order valence-corrected chi connectivity index (χ0v) is 15.3. The Morgan fingerprint density at radius 3 is 2.72 bits per heavy atom. The number of piperidine rings is 1. The highest BCUT2D eigenvalue weighted by molar-refractivity contribution is 5.92. The van der Waals surface area contributed by atoms with E-state index in [1.54, 1.807) is 0 Å². The Morgan fingerprint density at radius 2 is 1.96 bits per heavy atom. The van der Waals surface area contributed by atoms with Crippen LogP contribution in [0.1, 0.15) is 61.5 Å². The van der Waals surface area contributed by atoms with Gasteiger partial charge in [-0.1, -0.05) is 24.5 Å².